The number of alkyl halides is 1. The molecule has 88 valence electrons. The quantitative estimate of drug-likeness (QED) is 0.478. The number of carbonyl (C=O) groups excluding carboxylic acids is 1. The highest BCUT2D eigenvalue weighted by atomic mass is 127. The first-order valence-corrected chi connectivity index (χ1v) is 6.50. The van der Waals surface area contributed by atoms with Gasteiger partial charge >= 0.3 is 0 Å². The van der Waals surface area contributed by atoms with E-state index in [4.69, 9.17) is 4.74 Å². The molecule has 1 aliphatic carbocycles. The van der Waals surface area contributed by atoms with Gasteiger partial charge in [0.15, 0.2) is 3.61 Å². The van der Waals surface area contributed by atoms with E-state index in [1.165, 1.54) is 0 Å². The predicted molar refractivity (Wildman–Crippen MR) is 75.8 cm³/mol. The lowest BCUT2D eigenvalue weighted by molar-refractivity contribution is -0.113. The highest BCUT2D eigenvalue weighted by molar-refractivity contribution is 14.1. The van der Waals surface area contributed by atoms with Gasteiger partial charge < -0.3 is 9.53 Å². The van der Waals surface area contributed by atoms with E-state index in [9.17, 15) is 4.79 Å². The van der Waals surface area contributed by atoms with Crippen molar-refractivity contribution in [2.45, 2.75) is 10.2 Å². The van der Waals surface area contributed by atoms with Crippen molar-refractivity contribution < 1.29 is 9.53 Å². The van der Waals surface area contributed by atoms with Crippen LogP contribution in [0.4, 0.5) is 0 Å². The Bertz CT molecular complexity index is 439. The maximum absolute atomic E-state index is 11.0. The van der Waals surface area contributed by atoms with Gasteiger partial charge in [0.2, 0.25) is 0 Å². The number of aldehydes is 1. The Morgan fingerprint density at radius 3 is 2.76 bits per heavy atom. The van der Waals surface area contributed by atoms with Gasteiger partial charge in [0.25, 0.3) is 0 Å². The Labute approximate surface area is 115 Å². The van der Waals surface area contributed by atoms with Crippen LogP contribution >= 0.6 is 22.6 Å². The molecular weight excluding hydrogens is 327 g/mol. The summed E-state index contributed by atoms with van der Waals surface area (Å²) < 4.78 is 5.31. The van der Waals surface area contributed by atoms with Crippen LogP contribution in [0.25, 0.3) is 0 Å². The number of allylic oxidation sites excluding steroid dienone is 2. The van der Waals surface area contributed by atoms with Gasteiger partial charge in [0.1, 0.15) is 6.29 Å². The molecule has 2 unspecified atom stereocenters. The summed E-state index contributed by atoms with van der Waals surface area (Å²) in [4.78, 5) is 11.0. The highest BCUT2D eigenvalue weighted by Crippen LogP contribution is 2.34. The number of hydrogen-bond acceptors (Lipinski definition) is 2. The zero-order valence-corrected chi connectivity index (χ0v) is 11.4. The lowest BCUT2D eigenvalue weighted by Gasteiger charge is -2.30. The third-order valence-electron chi connectivity index (χ3n) is 2.66. The van der Waals surface area contributed by atoms with Crippen molar-refractivity contribution in [2.24, 2.45) is 5.92 Å². The average Bonchev–Trinajstić information content (AvgIpc) is 2.38. The minimum atomic E-state index is -0.565. The van der Waals surface area contributed by atoms with Gasteiger partial charge in [-0.05, 0) is 34.2 Å². The summed E-state index contributed by atoms with van der Waals surface area (Å²) in [5.41, 5.74) is 1.11. The molecule has 0 saturated carbocycles. The zero-order chi connectivity index (χ0) is 12.1. The average molecular weight is 340 g/mol. The van der Waals surface area contributed by atoms with Gasteiger partial charge in [-0.1, -0.05) is 48.6 Å². The largest absolute Gasteiger partial charge is 0.355 e. The molecule has 0 saturated heterocycles. The van der Waals surface area contributed by atoms with Crippen LogP contribution in [0.3, 0.4) is 0 Å². The summed E-state index contributed by atoms with van der Waals surface area (Å²) >= 11 is 2.19. The molecule has 17 heavy (non-hydrogen) atoms. The van der Waals surface area contributed by atoms with Crippen LogP contribution in [0.2, 0.25) is 0 Å². The molecule has 3 heteroatoms. The fourth-order valence-corrected chi connectivity index (χ4v) is 2.38. The summed E-state index contributed by atoms with van der Waals surface area (Å²) in [7, 11) is 0. The minimum Gasteiger partial charge on any atom is -0.355 e. The van der Waals surface area contributed by atoms with E-state index in [0.717, 1.165) is 11.8 Å². The fraction of sp³-hybridized carbons (Fsp3) is 0.214. The van der Waals surface area contributed by atoms with E-state index in [-0.39, 0.29) is 5.92 Å². The van der Waals surface area contributed by atoms with E-state index in [0.29, 0.717) is 6.61 Å². The number of benzene rings is 1. The van der Waals surface area contributed by atoms with Crippen LogP contribution in [0, 0.1) is 5.92 Å². The van der Waals surface area contributed by atoms with Crippen LogP contribution in [0.1, 0.15) is 5.56 Å². The number of hydrogen-bond donors (Lipinski definition) is 0. The number of ether oxygens (including phenoxy) is 1. The fourth-order valence-electron chi connectivity index (χ4n) is 1.66. The van der Waals surface area contributed by atoms with Crippen molar-refractivity contribution in [3.8, 4) is 0 Å². The second-order valence-electron chi connectivity index (χ2n) is 3.88. The number of rotatable bonds is 4. The van der Waals surface area contributed by atoms with Gasteiger partial charge in [0.05, 0.1) is 12.5 Å². The van der Waals surface area contributed by atoms with Crippen molar-refractivity contribution in [2.75, 3.05) is 0 Å². The van der Waals surface area contributed by atoms with Gasteiger partial charge in [-0.25, -0.2) is 0 Å². The lowest BCUT2D eigenvalue weighted by Crippen LogP contribution is -2.33. The van der Waals surface area contributed by atoms with Gasteiger partial charge in [-0.3, -0.25) is 0 Å². The molecule has 2 rings (SSSR count). The van der Waals surface area contributed by atoms with Gasteiger partial charge in [-0.2, -0.15) is 0 Å². The van der Waals surface area contributed by atoms with Crippen molar-refractivity contribution in [1.82, 2.24) is 0 Å². The van der Waals surface area contributed by atoms with Crippen LogP contribution in [0.5, 0.6) is 0 Å². The molecule has 1 aromatic carbocycles. The first-order chi connectivity index (χ1) is 8.24. The lowest BCUT2D eigenvalue weighted by atomic mass is 9.99. The summed E-state index contributed by atoms with van der Waals surface area (Å²) in [5, 5.41) is 0. The minimum absolute atomic E-state index is 0.225. The maximum Gasteiger partial charge on any atom is 0.150 e. The number of halogens is 1. The second-order valence-corrected chi connectivity index (χ2v) is 5.56. The molecule has 0 spiro atoms. The Hall–Kier alpha value is -0.940. The molecule has 0 radical (unpaired) electrons. The Kier molecular flexibility index (Phi) is 4.12. The molecule has 0 fully saturated rings. The molecule has 0 amide bonds. The Morgan fingerprint density at radius 2 is 2.06 bits per heavy atom. The monoisotopic (exact) mass is 340 g/mol. The third kappa shape index (κ3) is 3.04. The molecule has 2 atom stereocenters. The molecular formula is C14H13IO2. The molecule has 1 aromatic rings. The topological polar surface area (TPSA) is 26.3 Å². The summed E-state index contributed by atoms with van der Waals surface area (Å²) in [6.45, 7) is 0.506. The molecule has 2 nitrogen and oxygen atoms in total. The van der Waals surface area contributed by atoms with E-state index < -0.39 is 3.61 Å². The van der Waals surface area contributed by atoms with Crippen LogP contribution in [-0.2, 0) is 16.1 Å². The smallest absolute Gasteiger partial charge is 0.150 e. The molecule has 0 heterocycles. The Balaban J connectivity index is 2.05. The third-order valence-corrected chi connectivity index (χ3v) is 4.05. The predicted octanol–water partition coefficient (Wildman–Crippen LogP) is 3.28. The van der Waals surface area contributed by atoms with Gasteiger partial charge in [-0.15, -0.1) is 0 Å². The second kappa shape index (κ2) is 5.60. The summed E-state index contributed by atoms with van der Waals surface area (Å²) in [6, 6.07) is 9.95. The normalized spacial score (nSPS) is 27.0. The molecule has 0 N–H and O–H groups in total. The van der Waals surface area contributed by atoms with E-state index in [1.807, 2.05) is 54.6 Å². The SMILES string of the molecule is O=CC1C=CC=CC1(I)OCc1ccccc1. The first-order valence-electron chi connectivity index (χ1n) is 5.43. The molecule has 1 aliphatic rings. The van der Waals surface area contributed by atoms with Crippen LogP contribution in [0.15, 0.2) is 54.6 Å². The molecule has 0 aliphatic heterocycles. The maximum atomic E-state index is 11.0. The summed E-state index contributed by atoms with van der Waals surface area (Å²) in [6.07, 6.45) is 8.51. The van der Waals surface area contributed by atoms with E-state index in [1.54, 1.807) is 0 Å². The van der Waals surface area contributed by atoms with Crippen molar-refractivity contribution in [3.05, 3.63) is 60.2 Å². The summed E-state index contributed by atoms with van der Waals surface area (Å²) in [5.74, 6) is -0.225. The van der Waals surface area contributed by atoms with Crippen molar-refractivity contribution in [1.29, 1.82) is 0 Å². The highest BCUT2D eigenvalue weighted by Gasteiger charge is 2.34. The molecule has 0 bridgehead atoms. The first kappa shape index (κ1) is 12.5. The van der Waals surface area contributed by atoms with Crippen molar-refractivity contribution in [3.63, 3.8) is 0 Å². The van der Waals surface area contributed by atoms with Crippen LogP contribution in [-0.4, -0.2) is 9.89 Å². The number of carbonyl (C=O) groups is 1. The standard InChI is InChI=1S/C14H13IO2/c15-14(9-5-4-8-13(14)10-16)17-11-12-6-2-1-3-7-12/h1-10,13H,11H2. The molecule has 0 aromatic heterocycles. The van der Waals surface area contributed by atoms with E-state index >= 15 is 0 Å². The van der Waals surface area contributed by atoms with E-state index in [2.05, 4.69) is 22.6 Å². The zero-order valence-electron chi connectivity index (χ0n) is 9.25. The van der Waals surface area contributed by atoms with Crippen molar-refractivity contribution >= 4 is 28.9 Å². The van der Waals surface area contributed by atoms with Gasteiger partial charge in [0, 0.05) is 0 Å². The van der Waals surface area contributed by atoms with Crippen LogP contribution < -0.4 is 0 Å². The Morgan fingerprint density at radius 1 is 1.29 bits per heavy atom.